The fraction of sp³-hybridized carbons (Fsp3) is 0.737. The van der Waals surface area contributed by atoms with E-state index < -0.39 is 0 Å². The molecule has 0 fully saturated rings. The van der Waals surface area contributed by atoms with E-state index in [-0.39, 0.29) is 5.41 Å². The van der Waals surface area contributed by atoms with Crippen molar-refractivity contribution >= 4 is 0 Å². The zero-order chi connectivity index (χ0) is 16.0. The molecule has 1 aromatic heterocycles. The largest absolute Gasteiger partial charge is 0.495 e. The molecule has 0 N–H and O–H groups in total. The van der Waals surface area contributed by atoms with Crippen LogP contribution in [0.4, 0.5) is 0 Å². The second-order valence-electron chi connectivity index (χ2n) is 6.48. The predicted molar refractivity (Wildman–Crippen MR) is 91.2 cm³/mol. The molecule has 0 radical (unpaired) electrons. The van der Waals surface area contributed by atoms with Crippen molar-refractivity contribution in [2.24, 2.45) is 5.92 Å². The molecule has 2 nitrogen and oxygen atoms in total. The van der Waals surface area contributed by atoms with Crippen LogP contribution in [-0.4, -0.2) is 12.1 Å². The van der Waals surface area contributed by atoms with E-state index >= 15 is 0 Å². The van der Waals surface area contributed by atoms with Gasteiger partial charge in [-0.05, 0) is 42.2 Å². The molecule has 1 rings (SSSR count). The minimum atomic E-state index is 0.191. The third kappa shape index (κ3) is 3.78. The lowest BCUT2D eigenvalue weighted by Gasteiger charge is -2.29. The van der Waals surface area contributed by atoms with Crippen molar-refractivity contribution < 1.29 is 4.74 Å². The van der Waals surface area contributed by atoms with Crippen molar-refractivity contribution in [2.75, 3.05) is 7.11 Å². The minimum absolute atomic E-state index is 0.191. The van der Waals surface area contributed by atoms with Gasteiger partial charge in [0.2, 0.25) is 0 Å². The van der Waals surface area contributed by atoms with E-state index in [0.717, 1.165) is 30.7 Å². The number of aromatic nitrogens is 1. The van der Waals surface area contributed by atoms with Crippen molar-refractivity contribution in [2.45, 2.75) is 78.6 Å². The lowest BCUT2D eigenvalue weighted by Crippen LogP contribution is -2.21. The Hall–Kier alpha value is -1.05. The normalized spacial score (nSPS) is 14.8. The molecule has 120 valence electrons. The first kappa shape index (κ1) is 18.0. The Bertz CT molecular complexity index is 437. The summed E-state index contributed by atoms with van der Waals surface area (Å²) in [5.74, 6) is 2.08. The highest BCUT2D eigenvalue weighted by molar-refractivity contribution is 5.37. The van der Waals surface area contributed by atoms with Crippen molar-refractivity contribution in [3.05, 3.63) is 23.5 Å². The average molecular weight is 291 g/mol. The molecule has 0 saturated carbocycles. The zero-order valence-corrected chi connectivity index (χ0v) is 15.0. The molecule has 0 aliphatic carbocycles. The summed E-state index contributed by atoms with van der Waals surface area (Å²) in [5.41, 5.74) is 2.62. The third-order valence-electron chi connectivity index (χ3n) is 5.48. The average Bonchev–Trinajstić information content (AvgIpc) is 2.54. The summed E-state index contributed by atoms with van der Waals surface area (Å²) in [6.45, 7) is 13.6. The van der Waals surface area contributed by atoms with Crippen LogP contribution in [-0.2, 0) is 5.41 Å². The second-order valence-corrected chi connectivity index (χ2v) is 6.48. The molecule has 0 amide bonds. The highest BCUT2D eigenvalue weighted by Gasteiger charge is 2.26. The molecule has 0 aromatic carbocycles. The number of ether oxygens (including phenoxy) is 1. The SMILES string of the molecule is CCC(C)C(CC)c1ncc(C(C)(CC)CC)cc1OC. The maximum absolute atomic E-state index is 5.69. The van der Waals surface area contributed by atoms with Crippen molar-refractivity contribution in [1.82, 2.24) is 4.98 Å². The maximum atomic E-state index is 5.69. The summed E-state index contributed by atoms with van der Waals surface area (Å²) in [6, 6.07) is 2.22. The van der Waals surface area contributed by atoms with Gasteiger partial charge in [0, 0.05) is 12.1 Å². The maximum Gasteiger partial charge on any atom is 0.140 e. The van der Waals surface area contributed by atoms with Gasteiger partial charge in [0.15, 0.2) is 0 Å². The molecule has 0 saturated heterocycles. The van der Waals surface area contributed by atoms with Gasteiger partial charge in [0.05, 0.1) is 12.8 Å². The third-order valence-corrected chi connectivity index (χ3v) is 5.48. The molecular weight excluding hydrogens is 258 g/mol. The molecule has 2 unspecified atom stereocenters. The molecular formula is C19H33NO. The molecule has 0 bridgehead atoms. The Morgan fingerprint density at radius 1 is 1.14 bits per heavy atom. The summed E-state index contributed by atoms with van der Waals surface area (Å²) >= 11 is 0. The summed E-state index contributed by atoms with van der Waals surface area (Å²) in [7, 11) is 1.77. The molecule has 1 aromatic rings. The van der Waals surface area contributed by atoms with Crippen LogP contribution in [0.25, 0.3) is 0 Å². The number of rotatable bonds is 8. The monoisotopic (exact) mass is 291 g/mol. The number of hydrogen-bond donors (Lipinski definition) is 0. The standard InChI is InChI=1S/C19H33NO/c1-8-14(5)16(9-2)18-17(21-7)12-15(13-20-18)19(6,10-3)11-4/h12-14,16H,8-11H2,1-7H3. The first-order chi connectivity index (χ1) is 9.97. The summed E-state index contributed by atoms with van der Waals surface area (Å²) in [4.78, 5) is 4.83. The van der Waals surface area contributed by atoms with E-state index in [1.165, 1.54) is 12.0 Å². The molecule has 0 spiro atoms. The van der Waals surface area contributed by atoms with Crippen molar-refractivity contribution in [1.29, 1.82) is 0 Å². The van der Waals surface area contributed by atoms with Gasteiger partial charge in [-0.3, -0.25) is 4.98 Å². The first-order valence-corrected chi connectivity index (χ1v) is 8.51. The van der Waals surface area contributed by atoms with E-state index in [1.54, 1.807) is 7.11 Å². The van der Waals surface area contributed by atoms with Gasteiger partial charge in [-0.1, -0.05) is 48.0 Å². The van der Waals surface area contributed by atoms with E-state index in [4.69, 9.17) is 9.72 Å². The van der Waals surface area contributed by atoms with Crippen LogP contribution in [0.2, 0.25) is 0 Å². The van der Waals surface area contributed by atoms with Gasteiger partial charge >= 0.3 is 0 Å². The van der Waals surface area contributed by atoms with Crippen LogP contribution in [0.5, 0.6) is 5.75 Å². The van der Waals surface area contributed by atoms with Crippen LogP contribution >= 0.6 is 0 Å². The van der Waals surface area contributed by atoms with E-state index in [2.05, 4.69) is 53.8 Å². The van der Waals surface area contributed by atoms with Gasteiger partial charge in [-0.15, -0.1) is 0 Å². The van der Waals surface area contributed by atoms with Gasteiger partial charge in [-0.2, -0.15) is 0 Å². The molecule has 21 heavy (non-hydrogen) atoms. The van der Waals surface area contributed by atoms with E-state index in [1.807, 2.05) is 0 Å². The summed E-state index contributed by atoms with van der Waals surface area (Å²) < 4.78 is 5.69. The Kier molecular flexibility index (Phi) is 6.70. The number of methoxy groups -OCH3 is 1. The molecule has 0 aliphatic heterocycles. The molecule has 1 heterocycles. The van der Waals surface area contributed by atoms with Gasteiger partial charge in [-0.25, -0.2) is 0 Å². The van der Waals surface area contributed by atoms with Gasteiger partial charge in [0.1, 0.15) is 5.75 Å². The van der Waals surface area contributed by atoms with Crippen molar-refractivity contribution in [3.8, 4) is 5.75 Å². The quantitative estimate of drug-likeness (QED) is 0.612. The predicted octanol–water partition coefficient (Wildman–Crippen LogP) is 5.71. The fourth-order valence-corrected chi connectivity index (χ4v) is 3.04. The fourth-order valence-electron chi connectivity index (χ4n) is 3.04. The Morgan fingerprint density at radius 2 is 1.76 bits per heavy atom. The Morgan fingerprint density at radius 3 is 2.19 bits per heavy atom. The second kappa shape index (κ2) is 7.82. The summed E-state index contributed by atoms with van der Waals surface area (Å²) in [6.07, 6.45) is 6.60. The number of pyridine rings is 1. The minimum Gasteiger partial charge on any atom is -0.495 e. The van der Waals surface area contributed by atoms with Crippen LogP contribution < -0.4 is 4.74 Å². The summed E-state index contributed by atoms with van der Waals surface area (Å²) in [5, 5.41) is 0. The Labute approximate surface area is 131 Å². The molecule has 2 heteroatoms. The highest BCUT2D eigenvalue weighted by Crippen LogP contribution is 2.38. The van der Waals surface area contributed by atoms with Crippen LogP contribution in [0, 0.1) is 5.92 Å². The van der Waals surface area contributed by atoms with Gasteiger partial charge < -0.3 is 4.74 Å². The lowest BCUT2D eigenvalue weighted by atomic mass is 9.78. The van der Waals surface area contributed by atoms with E-state index in [0.29, 0.717) is 11.8 Å². The smallest absolute Gasteiger partial charge is 0.140 e. The van der Waals surface area contributed by atoms with Crippen LogP contribution in [0.3, 0.4) is 0 Å². The first-order valence-electron chi connectivity index (χ1n) is 8.51. The number of hydrogen-bond acceptors (Lipinski definition) is 2. The van der Waals surface area contributed by atoms with Gasteiger partial charge in [0.25, 0.3) is 0 Å². The van der Waals surface area contributed by atoms with Crippen LogP contribution in [0.1, 0.15) is 84.4 Å². The van der Waals surface area contributed by atoms with Crippen molar-refractivity contribution in [3.63, 3.8) is 0 Å². The van der Waals surface area contributed by atoms with Crippen LogP contribution in [0.15, 0.2) is 12.3 Å². The molecule has 2 atom stereocenters. The molecule has 0 aliphatic rings. The van der Waals surface area contributed by atoms with E-state index in [9.17, 15) is 0 Å². The Balaban J connectivity index is 3.26. The number of nitrogens with zero attached hydrogens (tertiary/aromatic N) is 1. The lowest BCUT2D eigenvalue weighted by molar-refractivity contribution is 0.369. The highest BCUT2D eigenvalue weighted by atomic mass is 16.5. The topological polar surface area (TPSA) is 22.1 Å². The zero-order valence-electron chi connectivity index (χ0n) is 15.0.